The minimum atomic E-state index is -0.228. The third kappa shape index (κ3) is 3.31. The molecule has 108 valence electrons. The lowest BCUT2D eigenvalue weighted by Crippen LogP contribution is -2.04. The first-order chi connectivity index (χ1) is 10.2. The summed E-state index contributed by atoms with van der Waals surface area (Å²) in [5.74, 6) is 0.636. The van der Waals surface area contributed by atoms with Crippen molar-refractivity contribution in [3.8, 4) is 5.75 Å². The quantitative estimate of drug-likeness (QED) is 0.770. The van der Waals surface area contributed by atoms with E-state index >= 15 is 0 Å². The molecule has 0 saturated carbocycles. The predicted octanol–water partition coefficient (Wildman–Crippen LogP) is 4.10. The Morgan fingerprint density at radius 1 is 1.24 bits per heavy atom. The van der Waals surface area contributed by atoms with Crippen LogP contribution in [0.25, 0.3) is 10.2 Å². The molecule has 3 rings (SSSR count). The van der Waals surface area contributed by atoms with Gasteiger partial charge in [-0.2, -0.15) is 0 Å². The standard InChI is InChI=1S/C16H15FN2OS/c1-20-13-4-2-3-11(9-13)7-8-18-16-19-14-6-5-12(17)10-15(14)21-16/h2-6,9-10H,7-8H2,1H3,(H,18,19). The molecule has 1 N–H and O–H groups in total. The van der Waals surface area contributed by atoms with Crippen molar-refractivity contribution >= 4 is 26.7 Å². The molecule has 3 aromatic rings. The monoisotopic (exact) mass is 302 g/mol. The highest BCUT2D eigenvalue weighted by molar-refractivity contribution is 7.22. The van der Waals surface area contributed by atoms with E-state index in [1.165, 1.54) is 29.0 Å². The lowest BCUT2D eigenvalue weighted by molar-refractivity contribution is 0.414. The van der Waals surface area contributed by atoms with Gasteiger partial charge in [-0.25, -0.2) is 9.37 Å². The first-order valence-corrected chi connectivity index (χ1v) is 7.49. The van der Waals surface area contributed by atoms with Crippen LogP contribution in [0.2, 0.25) is 0 Å². The molecule has 0 radical (unpaired) electrons. The van der Waals surface area contributed by atoms with Crippen molar-refractivity contribution in [1.82, 2.24) is 4.98 Å². The van der Waals surface area contributed by atoms with Gasteiger partial charge in [-0.15, -0.1) is 0 Å². The number of aromatic nitrogens is 1. The molecular formula is C16H15FN2OS. The van der Waals surface area contributed by atoms with E-state index in [9.17, 15) is 4.39 Å². The third-order valence-electron chi connectivity index (χ3n) is 3.17. The van der Waals surface area contributed by atoms with Crippen molar-refractivity contribution in [3.63, 3.8) is 0 Å². The third-order valence-corrected chi connectivity index (χ3v) is 4.15. The van der Waals surface area contributed by atoms with Crippen molar-refractivity contribution in [2.45, 2.75) is 6.42 Å². The van der Waals surface area contributed by atoms with Crippen molar-refractivity contribution < 1.29 is 9.13 Å². The van der Waals surface area contributed by atoms with E-state index < -0.39 is 0 Å². The molecule has 0 atom stereocenters. The van der Waals surface area contributed by atoms with E-state index in [0.717, 1.165) is 34.1 Å². The number of nitrogens with one attached hydrogen (secondary N) is 1. The number of anilines is 1. The predicted molar refractivity (Wildman–Crippen MR) is 84.8 cm³/mol. The van der Waals surface area contributed by atoms with Gasteiger partial charge >= 0.3 is 0 Å². The van der Waals surface area contributed by atoms with Crippen molar-refractivity contribution in [2.75, 3.05) is 19.0 Å². The molecular weight excluding hydrogens is 287 g/mol. The van der Waals surface area contributed by atoms with Gasteiger partial charge in [-0.3, -0.25) is 0 Å². The smallest absolute Gasteiger partial charge is 0.183 e. The van der Waals surface area contributed by atoms with Crippen LogP contribution in [-0.4, -0.2) is 18.6 Å². The lowest BCUT2D eigenvalue weighted by atomic mass is 10.1. The Balaban J connectivity index is 1.63. The van der Waals surface area contributed by atoms with Gasteiger partial charge in [0, 0.05) is 6.54 Å². The molecule has 0 saturated heterocycles. The van der Waals surface area contributed by atoms with Gasteiger partial charge in [0.1, 0.15) is 11.6 Å². The van der Waals surface area contributed by atoms with Gasteiger partial charge in [0.15, 0.2) is 5.13 Å². The number of rotatable bonds is 5. The molecule has 0 aliphatic carbocycles. The van der Waals surface area contributed by atoms with E-state index in [2.05, 4.69) is 16.4 Å². The minimum Gasteiger partial charge on any atom is -0.497 e. The summed E-state index contributed by atoms with van der Waals surface area (Å²) in [6.45, 7) is 0.773. The van der Waals surface area contributed by atoms with Crippen molar-refractivity contribution in [3.05, 3.63) is 53.8 Å². The van der Waals surface area contributed by atoms with Crippen LogP contribution >= 0.6 is 11.3 Å². The number of methoxy groups -OCH3 is 1. The zero-order valence-corrected chi connectivity index (χ0v) is 12.4. The van der Waals surface area contributed by atoms with Gasteiger partial charge in [0.25, 0.3) is 0 Å². The highest BCUT2D eigenvalue weighted by Crippen LogP contribution is 2.26. The Morgan fingerprint density at radius 3 is 3.00 bits per heavy atom. The maximum absolute atomic E-state index is 13.1. The fourth-order valence-corrected chi connectivity index (χ4v) is 3.03. The number of hydrogen-bond donors (Lipinski definition) is 1. The molecule has 1 aromatic heterocycles. The average molecular weight is 302 g/mol. The number of benzene rings is 2. The molecule has 0 aliphatic rings. The molecule has 1 heterocycles. The topological polar surface area (TPSA) is 34.1 Å². The highest BCUT2D eigenvalue weighted by atomic mass is 32.1. The number of nitrogens with zero attached hydrogens (tertiary/aromatic N) is 1. The van der Waals surface area contributed by atoms with Crippen LogP contribution in [-0.2, 0) is 6.42 Å². The normalized spacial score (nSPS) is 10.8. The fourth-order valence-electron chi connectivity index (χ4n) is 2.12. The second kappa shape index (κ2) is 6.10. The first kappa shape index (κ1) is 13.8. The van der Waals surface area contributed by atoms with E-state index in [1.807, 2.05) is 18.2 Å². The van der Waals surface area contributed by atoms with Crippen LogP contribution in [0.5, 0.6) is 5.75 Å². The number of hydrogen-bond acceptors (Lipinski definition) is 4. The SMILES string of the molecule is COc1cccc(CCNc2nc3ccc(F)cc3s2)c1. The summed E-state index contributed by atoms with van der Waals surface area (Å²) in [6.07, 6.45) is 0.876. The number of ether oxygens (including phenoxy) is 1. The van der Waals surface area contributed by atoms with Gasteiger partial charge in [-0.05, 0) is 42.3 Å². The second-order valence-corrected chi connectivity index (χ2v) is 5.69. The van der Waals surface area contributed by atoms with Crippen LogP contribution in [0.15, 0.2) is 42.5 Å². The van der Waals surface area contributed by atoms with Crippen LogP contribution in [0.3, 0.4) is 0 Å². The zero-order chi connectivity index (χ0) is 14.7. The summed E-state index contributed by atoms with van der Waals surface area (Å²) in [7, 11) is 1.66. The number of fused-ring (bicyclic) bond motifs is 1. The summed E-state index contributed by atoms with van der Waals surface area (Å²) in [6, 6.07) is 12.7. The number of halogens is 1. The van der Waals surface area contributed by atoms with Crippen LogP contribution < -0.4 is 10.1 Å². The van der Waals surface area contributed by atoms with Gasteiger partial charge in [-0.1, -0.05) is 23.5 Å². The van der Waals surface area contributed by atoms with Crippen LogP contribution in [0.1, 0.15) is 5.56 Å². The Morgan fingerprint density at radius 2 is 2.14 bits per heavy atom. The molecule has 3 nitrogen and oxygen atoms in total. The van der Waals surface area contributed by atoms with Gasteiger partial charge in [0.05, 0.1) is 17.3 Å². The van der Waals surface area contributed by atoms with Gasteiger partial charge < -0.3 is 10.1 Å². The van der Waals surface area contributed by atoms with E-state index in [0.29, 0.717) is 0 Å². The molecule has 0 unspecified atom stereocenters. The molecule has 0 spiro atoms. The summed E-state index contributed by atoms with van der Waals surface area (Å²) in [5.41, 5.74) is 2.03. The Kier molecular flexibility index (Phi) is 4.01. The Labute approximate surface area is 126 Å². The summed E-state index contributed by atoms with van der Waals surface area (Å²) < 4.78 is 19.2. The molecule has 0 aliphatic heterocycles. The maximum Gasteiger partial charge on any atom is 0.183 e. The van der Waals surface area contributed by atoms with Gasteiger partial charge in [0.2, 0.25) is 0 Å². The zero-order valence-electron chi connectivity index (χ0n) is 11.6. The summed E-state index contributed by atoms with van der Waals surface area (Å²) in [4.78, 5) is 4.43. The molecule has 0 fully saturated rings. The van der Waals surface area contributed by atoms with E-state index in [1.54, 1.807) is 13.2 Å². The Bertz CT molecular complexity index is 757. The highest BCUT2D eigenvalue weighted by Gasteiger charge is 2.04. The van der Waals surface area contributed by atoms with E-state index in [-0.39, 0.29) is 5.82 Å². The molecule has 2 aromatic carbocycles. The van der Waals surface area contributed by atoms with E-state index in [4.69, 9.17) is 4.74 Å². The fraction of sp³-hybridized carbons (Fsp3) is 0.188. The Hall–Kier alpha value is -2.14. The van der Waals surface area contributed by atoms with Crippen molar-refractivity contribution in [1.29, 1.82) is 0 Å². The second-order valence-electron chi connectivity index (χ2n) is 4.66. The largest absolute Gasteiger partial charge is 0.497 e. The average Bonchev–Trinajstić information content (AvgIpc) is 2.89. The maximum atomic E-state index is 13.1. The van der Waals surface area contributed by atoms with Crippen molar-refractivity contribution in [2.24, 2.45) is 0 Å². The number of thiazole rings is 1. The summed E-state index contributed by atoms with van der Waals surface area (Å²) in [5, 5.41) is 4.10. The summed E-state index contributed by atoms with van der Waals surface area (Å²) >= 11 is 1.47. The molecule has 5 heteroatoms. The molecule has 0 amide bonds. The minimum absolute atomic E-state index is 0.228. The van der Waals surface area contributed by atoms with Crippen LogP contribution in [0, 0.1) is 5.82 Å². The van der Waals surface area contributed by atoms with Crippen LogP contribution in [0.4, 0.5) is 9.52 Å². The lowest BCUT2D eigenvalue weighted by Gasteiger charge is -2.05. The molecule has 0 bridgehead atoms. The first-order valence-electron chi connectivity index (χ1n) is 6.67. The molecule has 21 heavy (non-hydrogen) atoms.